The Labute approximate surface area is 176 Å². The number of benzene rings is 1. The van der Waals surface area contributed by atoms with Gasteiger partial charge in [0.25, 0.3) is 5.91 Å². The number of rotatable bonds is 5. The van der Waals surface area contributed by atoms with E-state index in [0.717, 1.165) is 12.8 Å². The monoisotopic (exact) mass is 437 g/mol. The molecule has 0 bridgehead atoms. The lowest BCUT2D eigenvalue weighted by Gasteiger charge is -2.29. The second-order valence-electron chi connectivity index (χ2n) is 6.73. The van der Waals surface area contributed by atoms with Crippen molar-refractivity contribution >= 4 is 46.2 Å². The molecule has 2 atom stereocenters. The van der Waals surface area contributed by atoms with Crippen molar-refractivity contribution < 1.29 is 19.4 Å². The van der Waals surface area contributed by atoms with Gasteiger partial charge in [-0.3, -0.25) is 9.59 Å². The quantitative estimate of drug-likeness (QED) is 0.681. The Morgan fingerprint density at radius 3 is 2.79 bits per heavy atom. The summed E-state index contributed by atoms with van der Waals surface area (Å²) in [5, 5.41) is 13.2. The maximum Gasteiger partial charge on any atom is 0.290 e. The molecule has 0 unspecified atom stereocenters. The van der Waals surface area contributed by atoms with E-state index in [4.69, 9.17) is 27.9 Å². The molecule has 2 aromatic rings. The molecule has 2 aliphatic rings. The number of carbonyl (C=O) groups is 2. The van der Waals surface area contributed by atoms with Gasteiger partial charge in [-0.1, -0.05) is 35.3 Å². The number of aliphatic hydroxyl groups excluding tert-OH is 1. The number of ether oxygens (including phenoxy) is 1. The van der Waals surface area contributed by atoms with E-state index < -0.39 is 17.7 Å². The summed E-state index contributed by atoms with van der Waals surface area (Å²) in [6.45, 7) is 0.910. The average Bonchev–Trinajstić information content (AvgIpc) is 3.40. The molecule has 1 saturated heterocycles. The lowest BCUT2D eigenvalue weighted by atomic mass is 9.95. The highest BCUT2D eigenvalue weighted by atomic mass is 35.5. The zero-order valence-electron chi connectivity index (χ0n) is 14.7. The van der Waals surface area contributed by atoms with Crippen LogP contribution in [0, 0.1) is 0 Å². The van der Waals surface area contributed by atoms with Crippen LogP contribution in [0.4, 0.5) is 0 Å². The van der Waals surface area contributed by atoms with Gasteiger partial charge in [-0.25, -0.2) is 0 Å². The second kappa shape index (κ2) is 7.87. The van der Waals surface area contributed by atoms with Crippen molar-refractivity contribution in [3.8, 4) is 0 Å². The number of carbonyl (C=O) groups excluding carboxylic acids is 2. The van der Waals surface area contributed by atoms with Crippen LogP contribution in [0.5, 0.6) is 0 Å². The Morgan fingerprint density at radius 2 is 2.14 bits per heavy atom. The van der Waals surface area contributed by atoms with Crippen LogP contribution >= 0.6 is 34.5 Å². The fourth-order valence-electron chi connectivity index (χ4n) is 3.67. The highest BCUT2D eigenvalue weighted by molar-refractivity contribution is 7.12. The zero-order valence-corrected chi connectivity index (χ0v) is 17.1. The molecule has 2 aliphatic heterocycles. The molecule has 28 heavy (non-hydrogen) atoms. The van der Waals surface area contributed by atoms with E-state index >= 15 is 0 Å². The van der Waals surface area contributed by atoms with Gasteiger partial charge in [-0.2, -0.15) is 0 Å². The maximum absolute atomic E-state index is 13.1. The van der Waals surface area contributed by atoms with Crippen molar-refractivity contribution in [1.29, 1.82) is 0 Å². The topological polar surface area (TPSA) is 66.8 Å². The Hall–Kier alpha value is -1.86. The number of nitrogens with zero attached hydrogens (tertiary/aromatic N) is 1. The van der Waals surface area contributed by atoms with Gasteiger partial charge in [0.05, 0.1) is 22.6 Å². The van der Waals surface area contributed by atoms with Crippen LogP contribution in [0.15, 0.2) is 47.0 Å². The molecule has 0 spiro atoms. The van der Waals surface area contributed by atoms with Gasteiger partial charge in [-0.15, -0.1) is 11.3 Å². The summed E-state index contributed by atoms with van der Waals surface area (Å²) < 4.78 is 5.67. The largest absolute Gasteiger partial charge is 0.503 e. The van der Waals surface area contributed by atoms with E-state index in [-0.39, 0.29) is 24.0 Å². The zero-order chi connectivity index (χ0) is 19.8. The third-order valence-electron chi connectivity index (χ3n) is 4.97. The number of thiophene rings is 1. The molecule has 0 radical (unpaired) electrons. The van der Waals surface area contributed by atoms with Crippen LogP contribution in [0.1, 0.15) is 34.1 Å². The van der Waals surface area contributed by atoms with Gasteiger partial charge in [0.15, 0.2) is 5.76 Å². The fourth-order valence-corrected chi connectivity index (χ4v) is 4.86. The van der Waals surface area contributed by atoms with Gasteiger partial charge in [0.2, 0.25) is 5.78 Å². The highest BCUT2D eigenvalue weighted by Crippen LogP contribution is 2.43. The number of ketones is 1. The Kier molecular flexibility index (Phi) is 5.47. The molecular weight excluding hydrogens is 421 g/mol. The molecule has 4 rings (SSSR count). The van der Waals surface area contributed by atoms with Crippen LogP contribution in [0.3, 0.4) is 0 Å². The minimum absolute atomic E-state index is 0.0367. The minimum atomic E-state index is -0.795. The summed E-state index contributed by atoms with van der Waals surface area (Å²) in [6.07, 6.45) is 1.60. The van der Waals surface area contributed by atoms with Crippen LogP contribution < -0.4 is 0 Å². The number of hydrogen-bond acceptors (Lipinski definition) is 5. The number of hydrogen-bond donors (Lipinski definition) is 1. The fraction of sp³-hybridized carbons (Fsp3) is 0.300. The molecule has 1 aromatic heterocycles. The summed E-state index contributed by atoms with van der Waals surface area (Å²) in [7, 11) is 0. The van der Waals surface area contributed by atoms with E-state index in [2.05, 4.69) is 0 Å². The first-order valence-electron chi connectivity index (χ1n) is 8.86. The van der Waals surface area contributed by atoms with Crippen molar-refractivity contribution in [3.63, 3.8) is 0 Å². The van der Waals surface area contributed by atoms with Gasteiger partial charge >= 0.3 is 0 Å². The predicted molar refractivity (Wildman–Crippen MR) is 108 cm³/mol. The molecule has 1 amide bonds. The van der Waals surface area contributed by atoms with E-state index in [1.165, 1.54) is 16.2 Å². The first-order valence-corrected chi connectivity index (χ1v) is 10.5. The molecule has 1 fully saturated rings. The van der Waals surface area contributed by atoms with Crippen LogP contribution in [0.2, 0.25) is 10.0 Å². The van der Waals surface area contributed by atoms with Crippen LogP contribution in [-0.4, -0.2) is 41.0 Å². The molecular formula is C20H17Cl2NO4S. The van der Waals surface area contributed by atoms with Crippen molar-refractivity contribution in [3.05, 3.63) is 67.5 Å². The molecule has 0 saturated carbocycles. The minimum Gasteiger partial charge on any atom is -0.503 e. The summed E-state index contributed by atoms with van der Waals surface area (Å²) in [5.74, 6) is -1.51. The van der Waals surface area contributed by atoms with Gasteiger partial charge in [-0.05, 0) is 42.0 Å². The smallest absolute Gasteiger partial charge is 0.290 e. The molecule has 1 N–H and O–H groups in total. The summed E-state index contributed by atoms with van der Waals surface area (Å²) in [4.78, 5) is 27.9. The molecule has 146 valence electrons. The number of amides is 1. The van der Waals surface area contributed by atoms with E-state index in [9.17, 15) is 14.7 Å². The van der Waals surface area contributed by atoms with Crippen molar-refractivity contribution in [2.45, 2.75) is 25.0 Å². The SMILES string of the molecule is O=C(C1=C(O)C(=O)N(C[C@@H]2CCCO2)[C@@H]1c1ccc(Cl)cc1Cl)c1cccs1. The first kappa shape index (κ1) is 19.5. The third-order valence-corrected chi connectivity index (χ3v) is 6.41. The Balaban J connectivity index is 1.79. The van der Waals surface area contributed by atoms with Crippen molar-refractivity contribution in [2.24, 2.45) is 0 Å². The Bertz CT molecular complexity index is 951. The number of Topliss-reactive ketones (excluding diaryl/α,β-unsaturated/α-hetero) is 1. The standard InChI is InChI=1S/C20H17Cl2NO4S/c21-11-5-6-13(14(22)9-11)17-16(18(24)15-4-2-8-28-15)19(25)20(26)23(17)10-12-3-1-7-27-12/h2,4-6,8-9,12,17,25H,1,3,7,10H2/t12-,17+/m0/s1. The Morgan fingerprint density at radius 1 is 1.32 bits per heavy atom. The molecule has 5 nitrogen and oxygen atoms in total. The van der Waals surface area contributed by atoms with E-state index in [1.54, 1.807) is 35.7 Å². The lowest BCUT2D eigenvalue weighted by Crippen LogP contribution is -2.37. The lowest BCUT2D eigenvalue weighted by molar-refractivity contribution is -0.131. The maximum atomic E-state index is 13.1. The van der Waals surface area contributed by atoms with Crippen molar-refractivity contribution in [1.82, 2.24) is 4.90 Å². The van der Waals surface area contributed by atoms with Crippen molar-refractivity contribution in [2.75, 3.05) is 13.2 Å². The van der Waals surface area contributed by atoms with Gasteiger partial charge < -0.3 is 14.7 Å². The summed E-state index contributed by atoms with van der Waals surface area (Å²) in [6, 6.07) is 7.53. The normalized spacial score (nSPS) is 22.4. The first-order chi connectivity index (χ1) is 13.5. The van der Waals surface area contributed by atoms with Crippen LogP contribution in [0.25, 0.3) is 0 Å². The average molecular weight is 438 g/mol. The molecule has 3 heterocycles. The van der Waals surface area contributed by atoms with Gasteiger partial charge in [0.1, 0.15) is 0 Å². The summed E-state index contributed by atoms with van der Waals surface area (Å²) in [5.41, 5.74) is 0.580. The third kappa shape index (κ3) is 3.46. The molecule has 0 aliphatic carbocycles. The predicted octanol–water partition coefficient (Wildman–Crippen LogP) is 4.81. The van der Waals surface area contributed by atoms with E-state index in [0.29, 0.717) is 27.1 Å². The molecule has 8 heteroatoms. The second-order valence-corrected chi connectivity index (χ2v) is 8.52. The summed E-state index contributed by atoms with van der Waals surface area (Å²) >= 11 is 13.7. The molecule has 1 aromatic carbocycles. The van der Waals surface area contributed by atoms with Gasteiger partial charge in [0, 0.05) is 23.2 Å². The van der Waals surface area contributed by atoms with E-state index in [1.807, 2.05) is 0 Å². The number of aliphatic hydroxyl groups is 1. The van der Waals surface area contributed by atoms with Crippen LogP contribution in [-0.2, 0) is 9.53 Å². The highest BCUT2D eigenvalue weighted by Gasteiger charge is 2.45. The number of halogens is 2.